The number of fused-ring (bicyclic) bond motifs is 1. The van der Waals surface area contributed by atoms with Crippen molar-refractivity contribution in [2.24, 2.45) is 0 Å². The van der Waals surface area contributed by atoms with E-state index in [1.54, 1.807) is 6.92 Å². The molecule has 0 saturated heterocycles. The Kier molecular flexibility index (Phi) is 2.35. The van der Waals surface area contributed by atoms with Crippen molar-refractivity contribution in [1.29, 1.82) is 0 Å². The highest BCUT2D eigenvalue weighted by molar-refractivity contribution is 7.71. The van der Waals surface area contributed by atoms with Crippen molar-refractivity contribution in [1.82, 2.24) is 4.98 Å². The van der Waals surface area contributed by atoms with Crippen molar-refractivity contribution in [2.75, 3.05) is 0 Å². The smallest absolute Gasteiger partial charge is 0.150 e. The molecule has 0 radical (unpaired) electrons. The van der Waals surface area contributed by atoms with Crippen LogP contribution in [0.2, 0.25) is 0 Å². The second-order valence-electron chi connectivity index (χ2n) is 3.87. The first-order valence-corrected chi connectivity index (χ1v) is 5.21. The van der Waals surface area contributed by atoms with Gasteiger partial charge in [-0.05, 0) is 44.0 Å². The molecule has 0 spiro atoms. The third kappa shape index (κ3) is 1.57. The number of pyridine rings is 1. The molecule has 0 unspecified atom stereocenters. The summed E-state index contributed by atoms with van der Waals surface area (Å²) < 4.78 is 14.6. The molecule has 3 heteroatoms. The standard InChI is InChI=1S/C12H12FNS/c1-6-4-9-10(15)5-7(2)14-12(9)11(13)8(6)3/h4-5H,1-3H3,(H,14,15). The predicted molar refractivity (Wildman–Crippen MR) is 63.3 cm³/mol. The molecule has 15 heavy (non-hydrogen) atoms. The van der Waals surface area contributed by atoms with Gasteiger partial charge in [-0.1, -0.05) is 12.2 Å². The van der Waals surface area contributed by atoms with E-state index in [2.05, 4.69) is 4.98 Å². The zero-order chi connectivity index (χ0) is 11.2. The molecule has 1 aromatic heterocycles. The zero-order valence-electron chi connectivity index (χ0n) is 8.94. The lowest BCUT2D eigenvalue weighted by molar-refractivity contribution is 0.626. The molecule has 0 amide bonds. The number of H-pyrrole nitrogens is 1. The average Bonchev–Trinajstić information content (AvgIpc) is 2.17. The number of nitrogens with one attached hydrogen (secondary N) is 1. The number of aryl methyl sites for hydroxylation is 2. The third-order valence-corrected chi connectivity index (χ3v) is 3.04. The van der Waals surface area contributed by atoms with Gasteiger partial charge in [-0.15, -0.1) is 0 Å². The Morgan fingerprint density at radius 2 is 1.87 bits per heavy atom. The van der Waals surface area contributed by atoms with Crippen LogP contribution in [0, 0.1) is 31.1 Å². The number of aromatic nitrogens is 1. The Morgan fingerprint density at radius 1 is 1.20 bits per heavy atom. The average molecular weight is 221 g/mol. The number of halogens is 1. The van der Waals surface area contributed by atoms with Crippen LogP contribution >= 0.6 is 12.2 Å². The molecule has 0 bridgehead atoms. The lowest BCUT2D eigenvalue weighted by atomic mass is 10.1. The molecule has 1 aromatic carbocycles. The minimum absolute atomic E-state index is 0.195. The van der Waals surface area contributed by atoms with Gasteiger partial charge in [0.2, 0.25) is 0 Å². The van der Waals surface area contributed by atoms with Gasteiger partial charge in [-0.3, -0.25) is 0 Å². The molecular formula is C12H12FNS. The normalized spacial score (nSPS) is 10.9. The van der Waals surface area contributed by atoms with E-state index in [0.717, 1.165) is 16.6 Å². The minimum Gasteiger partial charge on any atom is -0.356 e. The molecule has 0 atom stereocenters. The number of hydrogen-bond donors (Lipinski definition) is 1. The zero-order valence-corrected chi connectivity index (χ0v) is 9.76. The molecular weight excluding hydrogens is 209 g/mol. The van der Waals surface area contributed by atoms with Crippen LogP contribution in [0.5, 0.6) is 0 Å². The maximum atomic E-state index is 13.9. The summed E-state index contributed by atoms with van der Waals surface area (Å²) in [6.07, 6.45) is 0. The third-order valence-electron chi connectivity index (χ3n) is 2.71. The van der Waals surface area contributed by atoms with Crippen molar-refractivity contribution >= 4 is 23.1 Å². The van der Waals surface area contributed by atoms with E-state index in [0.29, 0.717) is 15.6 Å². The van der Waals surface area contributed by atoms with Gasteiger partial charge in [0.25, 0.3) is 0 Å². The Labute approximate surface area is 93.0 Å². The summed E-state index contributed by atoms with van der Waals surface area (Å²) in [6, 6.07) is 3.79. The molecule has 1 N–H and O–H groups in total. The van der Waals surface area contributed by atoms with Crippen molar-refractivity contribution in [3.63, 3.8) is 0 Å². The molecule has 1 heterocycles. The summed E-state index contributed by atoms with van der Waals surface area (Å²) in [7, 11) is 0. The van der Waals surface area contributed by atoms with Gasteiger partial charge >= 0.3 is 0 Å². The van der Waals surface area contributed by atoms with Crippen molar-refractivity contribution < 1.29 is 4.39 Å². The lowest BCUT2D eigenvalue weighted by Crippen LogP contribution is -1.94. The van der Waals surface area contributed by atoms with Gasteiger partial charge in [-0.2, -0.15) is 0 Å². The molecule has 0 aliphatic carbocycles. The fourth-order valence-corrected chi connectivity index (χ4v) is 2.04. The first-order valence-electron chi connectivity index (χ1n) is 4.80. The van der Waals surface area contributed by atoms with Crippen LogP contribution in [0.1, 0.15) is 16.8 Å². The van der Waals surface area contributed by atoms with Crippen LogP contribution in [0.4, 0.5) is 4.39 Å². The highest BCUT2D eigenvalue weighted by Crippen LogP contribution is 2.23. The van der Waals surface area contributed by atoms with Crippen LogP contribution < -0.4 is 0 Å². The second kappa shape index (κ2) is 3.42. The predicted octanol–water partition coefficient (Wildman–Crippen LogP) is 3.96. The van der Waals surface area contributed by atoms with Gasteiger partial charge < -0.3 is 4.98 Å². The number of rotatable bonds is 0. The molecule has 1 nitrogen and oxygen atoms in total. The molecule has 0 aliphatic heterocycles. The Morgan fingerprint density at radius 3 is 2.53 bits per heavy atom. The Hall–Kier alpha value is -1.22. The van der Waals surface area contributed by atoms with E-state index in [1.807, 2.05) is 26.0 Å². The van der Waals surface area contributed by atoms with Crippen LogP contribution in [0.3, 0.4) is 0 Å². The van der Waals surface area contributed by atoms with Gasteiger partial charge in [0, 0.05) is 15.6 Å². The van der Waals surface area contributed by atoms with E-state index < -0.39 is 0 Å². The first-order chi connectivity index (χ1) is 7.00. The molecule has 78 valence electrons. The largest absolute Gasteiger partial charge is 0.356 e. The van der Waals surface area contributed by atoms with Gasteiger partial charge in [0.05, 0.1) is 5.52 Å². The van der Waals surface area contributed by atoms with E-state index in [9.17, 15) is 4.39 Å². The van der Waals surface area contributed by atoms with Gasteiger partial charge in [0.1, 0.15) is 5.82 Å². The minimum atomic E-state index is -0.195. The Balaban J connectivity index is 3.05. The molecule has 0 fully saturated rings. The highest BCUT2D eigenvalue weighted by atomic mass is 32.1. The fraction of sp³-hybridized carbons (Fsp3) is 0.250. The molecule has 0 saturated carbocycles. The number of aromatic amines is 1. The quantitative estimate of drug-likeness (QED) is 0.666. The Bertz CT molecular complexity index is 599. The van der Waals surface area contributed by atoms with Crippen LogP contribution in [0.15, 0.2) is 12.1 Å². The monoisotopic (exact) mass is 221 g/mol. The highest BCUT2D eigenvalue weighted by Gasteiger charge is 2.08. The van der Waals surface area contributed by atoms with Crippen molar-refractivity contribution in [3.8, 4) is 0 Å². The number of benzene rings is 1. The molecule has 2 aromatic rings. The van der Waals surface area contributed by atoms with E-state index in [4.69, 9.17) is 12.2 Å². The topological polar surface area (TPSA) is 15.8 Å². The van der Waals surface area contributed by atoms with E-state index >= 15 is 0 Å². The summed E-state index contributed by atoms with van der Waals surface area (Å²) in [4.78, 5) is 3.03. The van der Waals surface area contributed by atoms with Gasteiger partial charge in [-0.25, -0.2) is 4.39 Å². The molecule has 2 rings (SSSR count). The summed E-state index contributed by atoms with van der Waals surface area (Å²) in [5, 5.41) is 0.788. The lowest BCUT2D eigenvalue weighted by Gasteiger charge is -2.07. The van der Waals surface area contributed by atoms with Gasteiger partial charge in [0.15, 0.2) is 0 Å². The first kappa shape index (κ1) is 10.3. The summed E-state index contributed by atoms with van der Waals surface area (Å²) in [6.45, 7) is 5.56. The van der Waals surface area contributed by atoms with Crippen LogP contribution in [-0.2, 0) is 0 Å². The summed E-state index contributed by atoms with van der Waals surface area (Å²) in [5.41, 5.74) is 3.01. The SMILES string of the molecule is Cc1cc(=S)c2cc(C)c(C)c(F)c2[nH]1. The summed E-state index contributed by atoms with van der Waals surface area (Å²) in [5.74, 6) is -0.195. The van der Waals surface area contributed by atoms with Crippen molar-refractivity contribution in [2.45, 2.75) is 20.8 Å². The number of hydrogen-bond acceptors (Lipinski definition) is 1. The second-order valence-corrected chi connectivity index (χ2v) is 4.31. The maximum absolute atomic E-state index is 13.9. The maximum Gasteiger partial charge on any atom is 0.150 e. The van der Waals surface area contributed by atoms with Crippen LogP contribution in [-0.4, -0.2) is 4.98 Å². The van der Waals surface area contributed by atoms with Crippen LogP contribution in [0.25, 0.3) is 10.9 Å². The molecule has 0 aliphatic rings. The van der Waals surface area contributed by atoms with Crippen molar-refractivity contribution in [3.05, 3.63) is 39.3 Å². The van der Waals surface area contributed by atoms with E-state index in [-0.39, 0.29) is 5.82 Å². The van der Waals surface area contributed by atoms with E-state index in [1.165, 1.54) is 0 Å². The fourth-order valence-electron chi connectivity index (χ4n) is 1.70. The summed E-state index contributed by atoms with van der Waals surface area (Å²) >= 11 is 5.22.